The van der Waals surface area contributed by atoms with Gasteiger partial charge in [-0.05, 0) is 94.0 Å². The Balaban J connectivity index is 2.39. The summed E-state index contributed by atoms with van der Waals surface area (Å²) in [7, 11) is 3.01. The lowest BCUT2D eigenvalue weighted by Crippen LogP contribution is -2.60. The van der Waals surface area contributed by atoms with Crippen molar-refractivity contribution in [3.8, 4) is 5.75 Å². The first-order valence-corrected chi connectivity index (χ1v) is 24.9. The third-order valence-electron chi connectivity index (χ3n) is 11.8. The highest BCUT2D eigenvalue weighted by Gasteiger charge is 2.38. The van der Waals surface area contributed by atoms with Crippen molar-refractivity contribution in [2.75, 3.05) is 46.8 Å². The van der Waals surface area contributed by atoms with Gasteiger partial charge in [0.15, 0.2) is 11.9 Å². The molecule has 17 N–H and O–H groups in total. The lowest BCUT2D eigenvalue weighted by atomic mass is 9.99. The van der Waals surface area contributed by atoms with Crippen LogP contribution in [0.5, 0.6) is 5.75 Å². The maximum atomic E-state index is 14.7. The Morgan fingerprint density at radius 1 is 0.595 bits per heavy atom. The van der Waals surface area contributed by atoms with Gasteiger partial charge in [-0.15, -0.1) is 0 Å². The molecule has 0 aliphatic carbocycles. The van der Waals surface area contributed by atoms with Crippen LogP contribution in [-0.4, -0.2) is 157 Å². The highest BCUT2D eigenvalue weighted by atomic mass is 16.3. The van der Waals surface area contributed by atoms with Gasteiger partial charge in [0.25, 0.3) is 0 Å². The molecule has 2 aromatic carbocycles. The van der Waals surface area contributed by atoms with Gasteiger partial charge in [-0.25, -0.2) is 0 Å². The molecule has 74 heavy (non-hydrogen) atoms. The van der Waals surface area contributed by atoms with E-state index in [4.69, 9.17) is 28.7 Å². The summed E-state index contributed by atoms with van der Waals surface area (Å²) in [6.45, 7) is 8.45. The van der Waals surface area contributed by atoms with Crippen LogP contribution >= 0.6 is 0 Å². The topological polar surface area (TPSA) is 390 Å². The van der Waals surface area contributed by atoms with E-state index in [-0.39, 0.29) is 101 Å². The lowest BCUT2D eigenvalue weighted by molar-refractivity contribution is -0.150. The number of hydrogen-bond acceptors (Lipinski definition) is 12. The van der Waals surface area contributed by atoms with E-state index < -0.39 is 96.6 Å². The lowest BCUT2D eigenvalue weighted by Gasteiger charge is -2.37. The van der Waals surface area contributed by atoms with Crippen LogP contribution in [0.4, 0.5) is 0 Å². The molecule has 2 rings (SSSR count). The number of amides is 8. The minimum Gasteiger partial charge on any atom is -0.508 e. The summed E-state index contributed by atoms with van der Waals surface area (Å²) in [6.07, 6.45) is 1.16. The summed E-state index contributed by atoms with van der Waals surface area (Å²) in [4.78, 5) is 120. The van der Waals surface area contributed by atoms with Crippen LogP contribution in [-0.2, 0) is 51.2 Å². The van der Waals surface area contributed by atoms with Gasteiger partial charge >= 0.3 is 0 Å². The molecule has 8 amide bonds. The van der Waals surface area contributed by atoms with Gasteiger partial charge in [-0.1, -0.05) is 70.2 Å². The second-order valence-corrected chi connectivity index (χ2v) is 18.8. The quantitative estimate of drug-likeness (QED) is 0.0213. The predicted octanol–water partition coefficient (Wildman–Crippen LogP) is -1.82. The van der Waals surface area contributed by atoms with E-state index in [9.17, 15) is 43.5 Å². The van der Waals surface area contributed by atoms with Crippen LogP contribution in [0, 0.1) is 11.8 Å². The van der Waals surface area contributed by atoms with E-state index in [0.29, 0.717) is 5.56 Å². The first-order valence-electron chi connectivity index (χ1n) is 24.9. The fourth-order valence-corrected chi connectivity index (χ4v) is 7.98. The van der Waals surface area contributed by atoms with Crippen LogP contribution in [0.1, 0.15) is 84.3 Å². The summed E-state index contributed by atoms with van der Waals surface area (Å²) in [5.41, 5.74) is 29.5. The van der Waals surface area contributed by atoms with E-state index in [0.717, 1.165) is 5.56 Å². The Hall–Kier alpha value is -7.50. The van der Waals surface area contributed by atoms with Crippen LogP contribution in [0.25, 0.3) is 0 Å². The number of aromatic hydroxyl groups is 1. The first-order chi connectivity index (χ1) is 35.0. The van der Waals surface area contributed by atoms with Gasteiger partial charge in [0, 0.05) is 33.1 Å². The second kappa shape index (κ2) is 32.5. The van der Waals surface area contributed by atoms with E-state index in [1.807, 2.05) is 27.7 Å². The zero-order valence-corrected chi connectivity index (χ0v) is 43.9. The number of aliphatic imine (C=N–C) groups is 2. The van der Waals surface area contributed by atoms with Gasteiger partial charge in [0.2, 0.25) is 47.3 Å². The van der Waals surface area contributed by atoms with Crippen molar-refractivity contribution < 1.29 is 43.5 Å². The summed E-state index contributed by atoms with van der Waals surface area (Å²) in [5.74, 6) is -5.73. The number of nitrogens with one attached hydrogen (secondary N) is 6. The van der Waals surface area contributed by atoms with Crippen molar-refractivity contribution in [3.63, 3.8) is 0 Å². The summed E-state index contributed by atoms with van der Waals surface area (Å²) in [6, 6.07) is 8.53. The normalized spacial score (nSPS) is 13.4. The highest BCUT2D eigenvalue weighted by molar-refractivity contribution is 5.97. The Morgan fingerprint density at radius 2 is 1.12 bits per heavy atom. The molecule has 0 heterocycles. The Bertz CT molecular complexity index is 2200. The van der Waals surface area contributed by atoms with Gasteiger partial charge in [0.05, 0.1) is 19.1 Å². The predicted molar refractivity (Wildman–Crippen MR) is 282 cm³/mol. The number of benzene rings is 2. The van der Waals surface area contributed by atoms with Crippen molar-refractivity contribution in [1.29, 1.82) is 0 Å². The average molecular weight is 1040 g/mol. The summed E-state index contributed by atoms with van der Waals surface area (Å²) in [5, 5.41) is 25.7. The molecule has 0 aromatic heterocycles. The number of phenols is 1. The number of carbonyl (C=O) groups is 8. The largest absolute Gasteiger partial charge is 0.508 e. The number of hydrogen-bond donors (Lipinski definition) is 12. The third kappa shape index (κ3) is 22.9. The number of primary amides is 1. The molecular weight excluding hydrogens is 955 g/mol. The van der Waals surface area contributed by atoms with Gasteiger partial charge in [0.1, 0.15) is 36.0 Å². The molecule has 24 heteroatoms. The molecule has 0 bridgehead atoms. The summed E-state index contributed by atoms with van der Waals surface area (Å²) >= 11 is 0. The molecule has 0 saturated heterocycles. The third-order valence-corrected chi connectivity index (χ3v) is 11.8. The molecule has 2 aromatic rings. The van der Waals surface area contributed by atoms with Crippen molar-refractivity contribution in [1.82, 2.24) is 41.7 Å². The van der Waals surface area contributed by atoms with Crippen molar-refractivity contribution >= 4 is 59.2 Å². The number of nitrogens with two attached hydrogens (primary N) is 5. The molecule has 0 saturated carbocycles. The van der Waals surface area contributed by atoms with Crippen LogP contribution in [0.3, 0.4) is 0 Å². The molecule has 0 spiro atoms. The van der Waals surface area contributed by atoms with Crippen molar-refractivity contribution in [2.45, 2.75) is 122 Å². The van der Waals surface area contributed by atoms with E-state index in [1.54, 1.807) is 56.4 Å². The SMILES string of the molecule is CCN(C(=O)[C@H](CCCN=C(N)N)N(C)C(=O)[C@H](CCCN=C(N)N)NC(=O)[C@H](CC(C)C)NC(=O)[C@H](Cc1ccccc1)NC(=O)CNC(=O)CNC(=O)[C@H](Cc1ccc(O)cc1)NC)[C@H](CC(C)C)C(N)=O. The Kier molecular flexibility index (Phi) is 27.5. The first kappa shape index (κ1) is 62.6. The van der Waals surface area contributed by atoms with Crippen molar-refractivity contribution in [2.24, 2.45) is 50.5 Å². The number of rotatable bonds is 33. The number of guanidine groups is 2. The maximum Gasteiger partial charge on any atom is 0.246 e. The smallest absolute Gasteiger partial charge is 0.246 e. The summed E-state index contributed by atoms with van der Waals surface area (Å²) < 4.78 is 0. The van der Waals surface area contributed by atoms with Gasteiger partial charge in [-0.3, -0.25) is 48.3 Å². The highest BCUT2D eigenvalue weighted by Crippen LogP contribution is 2.19. The number of carbonyl (C=O) groups excluding carboxylic acids is 8. The Labute approximate surface area is 434 Å². The molecule has 410 valence electrons. The minimum absolute atomic E-state index is 0.00429. The molecule has 0 aliphatic rings. The van der Waals surface area contributed by atoms with Crippen molar-refractivity contribution in [3.05, 3.63) is 65.7 Å². The molecule has 24 nitrogen and oxygen atoms in total. The van der Waals surface area contributed by atoms with Crippen LogP contribution < -0.4 is 60.6 Å². The molecule has 6 atom stereocenters. The molecule has 0 radical (unpaired) electrons. The molecule has 0 fully saturated rings. The van der Waals surface area contributed by atoms with Crippen LogP contribution in [0.15, 0.2) is 64.6 Å². The van der Waals surface area contributed by atoms with E-state index >= 15 is 0 Å². The number of nitrogens with zero attached hydrogens (tertiary/aromatic N) is 4. The standard InChI is InChI=1S/C50H81N15O9/c1-8-65(40(43(51)69)25-31(4)5)48(74)39(17-13-23-58-50(54)55)64(7)47(73)35(16-12-22-57-49(52)53)62-45(71)37(24-30(2)3)63-46(72)38(27-32-14-10-9-11-15-32)61-42(68)29-59-41(67)28-60-44(70)36(56-6)26-33-18-20-34(66)21-19-33/h9-11,14-15,18-21,30-31,35-40,56,66H,8,12-13,16-17,22-29H2,1-7H3,(H2,51,69)(H,59,67)(H,60,70)(H,61,68)(H,62,71)(H,63,72)(H4,52,53,57)(H4,54,55,58)/t35-,36-,37-,38-,39-,40+/m0/s1. The zero-order valence-electron chi connectivity index (χ0n) is 43.9. The maximum absolute atomic E-state index is 14.7. The average Bonchev–Trinajstić information content (AvgIpc) is 3.34. The second-order valence-electron chi connectivity index (χ2n) is 18.8. The van der Waals surface area contributed by atoms with E-state index in [2.05, 4.69) is 41.9 Å². The minimum atomic E-state index is -1.28. The fraction of sp³-hybridized carbons (Fsp3) is 0.560. The molecular formula is C50H81N15O9. The molecule has 0 unspecified atom stereocenters. The van der Waals surface area contributed by atoms with Crippen LogP contribution in [0.2, 0.25) is 0 Å². The number of likely N-dealkylation sites (N-methyl/N-ethyl adjacent to an activating group) is 3. The Morgan fingerprint density at radius 3 is 1.66 bits per heavy atom. The molecule has 0 aliphatic heterocycles. The van der Waals surface area contributed by atoms with Gasteiger partial charge in [-0.2, -0.15) is 0 Å². The van der Waals surface area contributed by atoms with Gasteiger partial charge < -0.3 is 75.5 Å². The fourth-order valence-electron chi connectivity index (χ4n) is 7.98. The zero-order chi connectivity index (χ0) is 55.5. The monoisotopic (exact) mass is 1040 g/mol. The number of phenolic OH excluding ortho intramolecular Hbond substituents is 1. The van der Waals surface area contributed by atoms with E-state index in [1.165, 1.54) is 29.0 Å².